The summed E-state index contributed by atoms with van der Waals surface area (Å²) in [4.78, 5) is 15.6. The first-order valence-electron chi connectivity index (χ1n) is 8.60. The summed E-state index contributed by atoms with van der Waals surface area (Å²) in [5.41, 5.74) is 2.81. The molecule has 2 rings (SSSR count). The highest BCUT2D eigenvalue weighted by molar-refractivity contribution is 7.89. The molecule has 0 radical (unpaired) electrons. The average molecular weight is 392 g/mol. The third-order valence-electron chi connectivity index (χ3n) is 4.52. The molecule has 1 unspecified atom stereocenters. The van der Waals surface area contributed by atoms with Crippen LogP contribution in [0.4, 0.5) is 11.4 Å². The van der Waals surface area contributed by atoms with Crippen LogP contribution in [0.1, 0.15) is 12.5 Å². The second kappa shape index (κ2) is 8.51. The van der Waals surface area contributed by atoms with Crippen molar-refractivity contribution in [3.63, 3.8) is 0 Å². The molecule has 0 fully saturated rings. The van der Waals surface area contributed by atoms with Crippen molar-refractivity contribution < 1.29 is 18.1 Å². The van der Waals surface area contributed by atoms with Crippen LogP contribution in [0, 0.1) is 0 Å². The van der Waals surface area contributed by atoms with E-state index in [2.05, 4.69) is 29.6 Å². The molecule has 0 aliphatic carbocycles. The Morgan fingerprint density at radius 2 is 1.67 bits per heavy atom. The summed E-state index contributed by atoms with van der Waals surface area (Å²) in [5, 5.41) is 7.88. The van der Waals surface area contributed by atoms with Crippen LogP contribution in [0.15, 0.2) is 53.4 Å². The van der Waals surface area contributed by atoms with Gasteiger partial charge in [0.2, 0.25) is 10.0 Å². The van der Waals surface area contributed by atoms with E-state index in [4.69, 9.17) is 5.14 Å². The quantitative estimate of drug-likeness (QED) is 0.638. The number of nitrogens with zero attached hydrogens (tertiary/aromatic N) is 1. The van der Waals surface area contributed by atoms with E-state index in [0.717, 1.165) is 16.2 Å². The largest absolute Gasteiger partial charge is 0.378 e. The summed E-state index contributed by atoms with van der Waals surface area (Å²) in [5.74, 6) is -0.138. The van der Waals surface area contributed by atoms with Gasteiger partial charge in [0.25, 0.3) is 5.91 Å². The van der Waals surface area contributed by atoms with E-state index in [9.17, 15) is 13.2 Å². The molecule has 2 aromatic carbocycles. The number of hydrogen-bond acceptors (Lipinski definition) is 4. The molecule has 0 aliphatic rings. The van der Waals surface area contributed by atoms with Crippen LogP contribution in [0.5, 0.6) is 0 Å². The monoisotopic (exact) mass is 391 g/mol. The molecule has 146 valence electrons. The predicted octanol–water partition coefficient (Wildman–Crippen LogP) is 0.442. The molecule has 0 aromatic heterocycles. The Balaban J connectivity index is 1.97. The van der Waals surface area contributed by atoms with Gasteiger partial charge in [-0.25, -0.2) is 13.6 Å². The number of rotatable bonds is 7. The first kappa shape index (κ1) is 20.9. The molecule has 7 nitrogen and oxygen atoms in total. The Kier molecular flexibility index (Phi) is 6.59. The van der Waals surface area contributed by atoms with Crippen LogP contribution >= 0.6 is 0 Å². The number of nitrogens with one attached hydrogen (secondary N) is 2. The van der Waals surface area contributed by atoms with Gasteiger partial charge in [-0.05, 0) is 43.3 Å². The van der Waals surface area contributed by atoms with Gasteiger partial charge >= 0.3 is 0 Å². The van der Waals surface area contributed by atoms with Crippen molar-refractivity contribution in [2.75, 3.05) is 31.4 Å². The molecule has 0 heterocycles. The first-order valence-corrected chi connectivity index (χ1v) is 10.1. The highest BCUT2D eigenvalue weighted by Gasteiger charge is 2.22. The minimum Gasteiger partial charge on any atom is -0.378 e. The zero-order valence-electron chi connectivity index (χ0n) is 16.1. The maximum Gasteiger partial charge on any atom is 0.282 e. The van der Waals surface area contributed by atoms with Crippen molar-refractivity contribution >= 4 is 27.3 Å². The van der Waals surface area contributed by atoms with E-state index in [1.54, 1.807) is 0 Å². The minimum atomic E-state index is -3.74. The molecule has 8 heteroatoms. The van der Waals surface area contributed by atoms with E-state index < -0.39 is 10.0 Å². The van der Waals surface area contributed by atoms with Crippen LogP contribution in [0.25, 0.3) is 0 Å². The number of likely N-dealkylation sites (N-methyl/N-ethyl adjacent to an activating group) is 1. The normalized spacial score (nSPS) is 13.7. The molecular weight excluding hydrogens is 364 g/mol. The molecule has 27 heavy (non-hydrogen) atoms. The van der Waals surface area contributed by atoms with Crippen molar-refractivity contribution in [1.82, 2.24) is 0 Å². The molecule has 2 aromatic rings. The smallest absolute Gasteiger partial charge is 0.282 e. The molecule has 0 spiro atoms. The van der Waals surface area contributed by atoms with Crippen LogP contribution in [0.3, 0.4) is 0 Å². The lowest BCUT2D eigenvalue weighted by Gasteiger charge is -2.21. The number of primary sulfonamides is 1. The Morgan fingerprint density at radius 1 is 1.11 bits per heavy atom. The number of hydrogen-bond donors (Lipinski definition) is 3. The highest BCUT2D eigenvalue weighted by atomic mass is 32.2. The van der Waals surface area contributed by atoms with Gasteiger partial charge in [0.1, 0.15) is 6.54 Å². The Labute approximate surface area is 160 Å². The Hall–Kier alpha value is -2.42. The summed E-state index contributed by atoms with van der Waals surface area (Å²) in [6.07, 6.45) is 0. The van der Waals surface area contributed by atoms with Gasteiger partial charge in [-0.15, -0.1) is 0 Å². The zero-order chi connectivity index (χ0) is 20.2. The fraction of sp³-hybridized carbons (Fsp3) is 0.316. The summed E-state index contributed by atoms with van der Waals surface area (Å²) in [6.45, 7) is 2.57. The molecule has 4 N–H and O–H groups in total. The lowest BCUT2D eigenvalue weighted by Crippen LogP contribution is -3.12. The van der Waals surface area contributed by atoms with E-state index >= 15 is 0 Å². The maximum atomic E-state index is 12.5. The molecule has 0 saturated carbocycles. The number of benzene rings is 2. The summed E-state index contributed by atoms with van der Waals surface area (Å²) < 4.78 is 22.6. The topological polar surface area (TPSA) is 96.9 Å². The lowest BCUT2D eigenvalue weighted by atomic mass is 10.1. The van der Waals surface area contributed by atoms with E-state index in [-0.39, 0.29) is 16.8 Å². The minimum absolute atomic E-state index is 0.0115. The van der Waals surface area contributed by atoms with Crippen LogP contribution in [0.2, 0.25) is 0 Å². The summed E-state index contributed by atoms with van der Waals surface area (Å²) >= 11 is 0. The molecular formula is C19H27N4O3S+. The van der Waals surface area contributed by atoms with E-state index in [0.29, 0.717) is 12.2 Å². The fourth-order valence-electron chi connectivity index (χ4n) is 2.59. The standard InChI is InChI=1S/C19H26N4O3S/c1-14(23(4)13-15-5-9-17(10-6-15)22(2)3)19(24)21-16-7-11-18(12-8-16)27(20,25)26/h5-12,14H,13H2,1-4H3,(H,21,24)(H2,20,25,26)/p+1/t14-/m0/s1. The molecule has 2 atom stereocenters. The van der Waals surface area contributed by atoms with Gasteiger partial charge in [-0.3, -0.25) is 4.79 Å². The lowest BCUT2D eigenvalue weighted by molar-refractivity contribution is -0.907. The number of carbonyl (C=O) groups is 1. The van der Waals surface area contributed by atoms with Gasteiger partial charge in [0.05, 0.1) is 11.9 Å². The number of anilines is 2. The Bertz CT molecular complexity index is 878. The van der Waals surface area contributed by atoms with Gasteiger partial charge in [0.15, 0.2) is 6.04 Å². The van der Waals surface area contributed by atoms with Crippen molar-refractivity contribution in [3.05, 3.63) is 54.1 Å². The summed E-state index contributed by atoms with van der Waals surface area (Å²) in [6, 6.07) is 13.8. The number of quaternary nitrogens is 1. The van der Waals surface area contributed by atoms with Crippen LogP contribution in [-0.2, 0) is 21.4 Å². The van der Waals surface area contributed by atoms with Gasteiger partial charge in [-0.1, -0.05) is 12.1 Å². The van der Waals surface area contributed by atoms with Crippen molar-refractivity contribution in [2.45, 2.75) is 24.4 Å². The van der Waals surface area contributed by atoms with Gasteiger partial charge < -0.3 is 15.1 Å². The highest BCUT2D eigenvalue weighted by Crippen LogP contribution is 2.13. The molecule has 0 aliphatic heterocycles. The fourth-order valence-corrected chi connectivity index (χ4v) is 3.10. The number of carbonyl (C=O) groups excluding carboxylic acids is 1. The first-order chi connectivity index (χ1) is 12.6. The van der Waals surface area contributed by atoms with E-state index in [1.165, 1.54) is 24.3 Å². The van der Waals surface area contributed by atoms with Gasteiger partial charge in [-0.2, -0.15) is 0 Å². The second-order valence-corrected chi connectivity index (χ2v) is 8.43. The number of sulfonamides is 1. The number of nitrogens with two attached hydrogens (primary N) is 1. The van der Waals surface area contributed by atoms with Gasteiger partial charge in [0, 0.05) is 31.0 Å². The van der Waals surface area contributed by atoms with Crippen molar-refractivity contribution in [3.8, 4) is 0 Å². The second-order valence-electron chi connectivity index (χ2n) is 6.86. The van der Waals surface area contributed by atoms with Crippen LogP contribution in [-0.4, -0.2) is 41.5 Å². The SMILES string of the molecule is C[C@@H](C(=O)Nc1ccc(S(N)(=O)=O)cc1)[NH+](C)Cc1ccc(N(C)C)cc1. The molecule has 0 saturated heterocycles. The number of amides is 1. The molecule has 1 amide bonds. The van der Waals surface area contributed by atoms with Crippen LogP contribution < -0.4 is 20.3 Å². The van der Waals surface area contributed by atoms with Crippen molar-refractivity contribution in [1.29, 1.82) is 0 Å². The molecule has 0 bridgehead atoms. The average Bonchev–Trinajstić information content (AvgIpc) is 2.61. The zero-order valence-corrected chi connectivity index (χ0v) is 16.9. The van der Waals surface area contributed by atoms with Crippen molar-refractivity contribution in [2.24, 2.45) is 5.14 Å². The van der Waals surface area contributed by atoms with E-state index in [1.807, 2.05) is 33.0 Å². The summed E-state index contributed by atoms with van der Waals surface area (Å²) in [7, 11) is 2.21. The Morgan fingerprint density at radius 3 is 2.15 bits per heavy atom. The predicted molar refractivity (Wildman–Crippen MR) is 107 cm³/mol. The maximum absolute atomic E-state index is 12.5. The third kappa shape index (κ3) is 5.78. The third-order valence-corrected chi connectivity index (χ3v) is 5.45.